The predicted molar refractivity (Wildman–Crippen MR) is 116 cm³/mol. The molecule has 0 heterocycles. The number of benzene rings is 3. The molecule has 0 N–H and O–H groups in total. The molecule has 0 aliphatic carbocycles. The van der Waals surface area contributed by atoms with E-state index in [0.29, 0.717) is 5.90 Å². The van der Waals surface area contributed by atoms with Gasteiger partial charge in [0, 0.05) is 6.08 Å². The normalized spacial score (nSPS) is 11.6. The highest BCUT2D eigenvalue weighted by Gasteiger charge is 2.03. The number of rotatable bonds is 5. The molecule has 0 aliphatic rings. The molecule has 142 valence electrons. The second kappa shape index (κ2) is 9.05. The highest BCUT2D eigenvalue weighted by atomic mass is 16.5. The highest BCUT2D eigenvalue weighted by Crippen LogP contribution is 2.20. The van der Waals surface area contributed by atoms with E-state index < -0.39 is 0 Å². The van der Waals surface area contributed by atoms with Crippen LogP contribution in [-0.2, 0) is 0 Å². The molecule has 28 heavy (non-hydrogen) atoms. The Labute approximate surface area is 167 Å². The van der Waals surface area contributed by atoms with Crippen LogP contribution < -0.4 is 9.47 Å². The van der Waals surface area contributed by atoms with Gasteiger partial charge < -0.3 is 9.47 Å². The fourth-order valence-corrected chi connectivity index (χ4v) is 2.68. The second-order valence-corrected chi connectivity index (χ2v) is 6.87. The van der Waals surface area contributed by atoms with E-state index >= 15 is 0 Å². The molecule has 0 aliphatic heterocycles. The zero-order chi connectivity index (χ0) is 19.9. The maximum Gasteiger partial charge on any atom is 0.222 e. The number of aryl methyl sites for hydroxylation is 4. The SMILES string of the molecule is Cc1cccc(OC=CC(=Nc2ccc(C)c(C)c2)Oc2cccc(C)c2)c1. The molecule has 0 atom stereocenters. The van der Waals surface area contributed by atoms with E-state index in [2.05, 4.69) is 24.9 Å². The van der Waals surface area contributed by atoms with E-state index in [1.807, 2.05) is 74.5 Å². The molecule has 3 rings (SSSR count). The number of nitrogens with zero attached hydrogens (tertiary/aromatic N) is 1. The van der Waals surface area contributed by atoms with E-state index in [0.717, 1.165) is 28.3 Å². The number of hydrogen-bond acceptors (Lipinski definition) is 3. The number of ether oxygens (including phenoxy) is 2. The predicted octanol–water partition coefficient (Wildman–Crippen LogP) is 6.62. The monoisotopic (exact) mass is 371 g/mol. The fourth-order valence-electron chi connectivity index (χ4n) is 2.68. The van der Waals surface area contributed by atoms with Crippen molar-refractivity contribution in [3.05, 3.63) is 101 Å². The Bertz CT molecular complexity index is 1020. The third-order valence-electron chi connectivity index (χ3n) is 4.35. The van der Waals surface area contributed by atoms with Gasteiger partial charge in [-0.15, -0.1) is 0 Å². The van der Waals surface area contributed by atoms with Crippen molar-refractivity contribution in [2.24, 2.45) is 4.99 Å². The van der Waals surface area contributed by atoms with Gasteiger partial charge in [0.15, 0.2) is 0 Å². The van der Waals surface area contributed by atoms with Gasteiger partial charge in [0.2, 0.25) is 5.90 Å². The number of aliphatic imine (C=N–C) groups is 1. The third kappa shape index (κ3) is 5.58. The maximum atomic E-state index is 6.01. The lowest BCUT2D eigenvalue weighted by atomic mass is 10.1. The molecule has 3 nitrogen and oxygen atoms in total. The van der Waals surface area contributed by atoms with Gasteiger partial charge in [-0.1, -0.05) is 30.3 Å². The van der Waals surface area contributed by atoms with Gasteiger partial charge in [-0.25, -0.2) is 4.99 Å². The Morgan fingerprint density at radius 1 is 0.750 bits per heavy atom. The Morgan fingerprint density at radius 3 is 2.11 bits per heavy atom. The first kappa shape index (κ1) is 19.4. The largest absolute Gasteiger partial charge is 0.465 e. The maximum absolute atomic E-state index is 6.01. The molecule has 0 radical (unpaired) electrons. The smallest absolute Gasteiger partial charge is 0.222 e. The summed E-state index contributed by atoms with van der Waals surface area (Å²) in [5, 5.41) is 0. The summed E-state index contributed by atoms with van der Waals surface area (Å²) in [6, 6.07) is 21.9. The quantitative estimate of drug-likeness (QED) is 0.286. The van der Waals surface area contributed by atoms with Crippen LogP contribution in [0.15, 0.2) is 84.1 Å². The first-order valence-corrected chi connectivity index (χ1v) is 9.30. The van der Waals surface area contributed by atoms with Crippen molar-refractivity contribution in [3.63, 3.8) is 0 Å². The molecule has 0 spiro atoms. The molecule has 3 aromatic carbocycles. The third-order valence-corrected chi connectivity index (χ3v) is 4.35. The summed E-state index contributed by atoms with van der Waals surface area (Å²) in [6.07, 6.45) is 3.34. The van der Waals surface area contributed by atoms with Crippen molar-refractivity contribution in [2.75, 3.05) is 0 Å². The summed E-state index contributed by atoms with van der Waals surface area (Å²) in [4.78, 5) is 4.66. The van der Waals surface area contributed by atoms with Crippen LogP contribution in [0, 0.1) is 27.7 Å². The minimum Gasteiger partial charge on any atom is -0.465 e. The lowest BCUT2D eigenvalue weighted by Gasteiger charge is -2.08. The molecule has 0 unspecified atom stereocenters. The molecule has 0 saturated carbocycles. The lowest BCUT2D eigenvalue weighted by molar-refractivity contribution is 0.478. The topological polar surface area (TPSA) is 30.8 Å². The minimum atomic E-state index is 0.460. The number of hydrogen-bond donors (Lipinski definition) is 0. The Morgan fingerprint density at radius 2 is 1.43 bits per heavy atom. The van der Waals surface area contributed by atoms with E-state index in [4.69, 9.17) is 9.47 Å². The van der Waals surface area contributed by atoms with Crippen molar-refractivity contribution < 1.29 is 9.47 Å². The lowest BCUT2D eigenvalue weighted by Crippen LogP contribution is -2.05. The van der Waals surface area contributed by atoms with Crippen LogP contribution in [0.2, 0.25) is 0 Å². The fraction of sp³-hybridized carbons (Fsp3) is 0.160. The van der Waals surface area contributed by atoms with Crippen molar-refractivity contribution in [1.82, 2.24) is 0 Å². The molecule has 3 aromatic rings. The van der Waals surface area contributed by atoms with Gasteiger partial charge in [0.05, 0.1) is 11.9 Å². The van der Waals surface area contributed by atoms with Crippen LogP contribution >= 0.6 is 0 Å². The van der Waals surface area contributed by atoms with Crippen LogP contribution in [0.3, 0.4) is 0 Å². The highest BCUT2D eigenvalue weighted by molar-refractivity contribution is 5.91. The summed E-state index contributed by atoms with van der Waals surface area (Å²) in [5.74, 6) is 1.97. The van der Waals surface area contributed by atoms with Crippen LogP contribution in [0.1, 0.15) is 22.3 Å². The standard InChI is InChI=1S/C25H25NO2/c1-18-7-5-9-23(15-18)27-14-13-25(28-24-10-6-8-19(2)16-24)26-22-12-11-20(3)21(4)17-22/h5-17H,1-4H3. The molecule has 0 saturated heterocycles. The van der Waals surface area contributed by atoms with Gasteiger partial charge in [-0.05, 0) is 86.3 Å². The van der Waals surface area contributed by atoms with Crippen LogP contribution in [0.25, 0.3) is 0 Å². The first-order chi connectivity index (χ1) is 13.5. The average molecular weight is 371 g/mol. The van der Waals surface area contributed by atoms with Crippen LogP contribution in [-0.4, -0.2) is 5.90 Å². The van der Waals surface area contributed by atoms with Crippen molar-refractivity contribution >= 4 is 11.6 Å². The average Bonchev–Trinajstić information content (AvgIpc) is 2.65. The van der Waals surface area contributed by atoms with Crippen molar-refractivity contribution in [3.8, 4) is 11.5 Å². The van der Waals surface area contributed by atoms with Crippen LogP contribution in [0.4, 0.5) is 5.69 Å². The summed E-state index contributed by atoms with van der Waals surface area (Å²) in [5.41, 5.74) is 5.54. The first-order valence-electron chi connectivity index (χ1n) is 9.30. The van der Waals surface area contributed by atoms with Crippen molar-refractivity contribution in [1.29, 1.82) is 0 Å². The van der Waals surface area contributed by atoms with E-state index in [1.165, 1.54) is 11.1 Å². The van der Waals surface area contributed by atoms with Gasteiger partial charge in [-0.2, -0.15) is 0 Å². The minimum absolute atomic E-state index is 0.460. The summed E-state index contributed by atoms with van der Waals surface area (Å²) >= 11 is 0. The summed E-state index contributed by atoms with van der Waals surface area (Å²) < 4.78 is 11.7. The van der Waals surface area contributed by atoms with Crippen molar-refractivity contribution in [2.45, 2.75) is 27.7 Å². The Hall–Kier alpha value is -3.33. The van der Waals surface area contributed by atoms with E-state index in [1.54, 1.807) is 12.3 Å². The Balaban J connectivity index is 1.85. The zero-order valence-corrected chi connectivity index (χ0v) is 16.8. The van der Waals surface area contributed by atoms with Gasteiger partial charge in [0.1, 0.15) is 11.5 Å². The van der Waals surface area contributed by atoms with Gasteiger partial charge >= 0.3 is 0 Å². The molecule has 0 amide bonds. The zero-order valence-electron chi connectivity index (χ0n) is 16.8. The van der Waals surface area contributed by atoms with Crippen LogP contribution in [0.5, 0.6) is 11.5 Å². The van der Waals surface area contributed by atoms with E-state index in [9.17, 15) is 0 Å². The van der Waals surface area contributed by atoms with E-state index in [-0.39, 0.29) is 0 Å². The molecule has 0 fully saturated rings. The molecule has 3 heteroatoms. The Kier molecular flexibility index (Phi) is 6.28. The molecular formula is C25H25NO2. The molecular weight excluding hydrogens is 346 g/mol. The van der Waals surface area contributed by atoms with Gasteiger partial charge in [0.25, 0.3) is 0 Å². The summed E-state index contributed by atoms with van der Waals surface area (Å²) in [6.45, 7) is 8.22. The summed E-state index contributed by atoms with van der Waals surface area (Å²) in [7, 11) is 0. The molecule has 0 aromatic heterocycles. The molecule has 0 bridgehead atoms. The van der Waals surface area contributed by atoms with Gasteiger partial charge in [-0.3, -0.25) is 0 Å². The second-order valence-electron chi connectivity index (χ2n) is 6.87.